The maximum absolute atomic E-state index is 11.1. The highest BCUT2D eigenvalue weighted by Crippen LogP contribution is 2.43. The number of morpholine rings is 2. The van der Waals surface area contributed by atoms with E-state index >= 15 is 0 Å². The summed E-state index contributed by atoms with van der Waals surface area (Å²) in [6.45, 7) is 6.02. The molecule has 0 bridgehead atoms. The third-order valence-corrected chi connectivity index (χ3v) is 6.74. The van der Waals surface area contributed by atoms with Crippen molar-refractivity contribution in [3.8, 4) is 9.88 Å². The van der Waals surface area contributed by atoms with Crippen LogP contribution in [-0.2, 0) is 9.47 Å². The van der Waals surface area contributed by atoms with Gasteiger partial charge < -0.3 is 19.3 Å². The normalized spacial score (nSPS) is 18.6. The van der Waals surface area contributed by atoms with Crippen LogP contribution in [0, 0.1) is 0 Å². The van der Waals surface area contributed by atoms with Crippen molar-refractivity contribution in [1.82, 2.24) is 9.97 Å². The third-order valence-electron chi connectivity index (χ3n) is 4.10. The molecule has 0 aromatic carbocycles. The summed E-state index contributed by atoms with van der Waals surface area (Å²) in [5.41, 5.74) is 0. The van der Waals surface area contributed by atoms with E-state index in [1.54, 1.807) is 11.3 Å². The van der Waals surface area contributed by atoms with Crippen molar-refractivity contribution in [2.45, 2.75) is 0 Å². The van der Waals surface area contributed by atoms with Crippen molar-refractivity contribution in [1.29, 1.82) is 0 Å². The molecular weight excluding hydrogens is 384 g/mol. The summed E-state index contributed by atoms with van der Waals surface area (Å²) in [6.07, 6.45) is 0.752. The first-order valence-corrected chi connectivity index (χ1v) is 10.1. The number of thiazole rings is 2. The lowest BCUT2D eigenvalue weighted by molar-refractivity contribution is 0.112. The Bertz CT molecular complexity index is 754. The van der Waals surface area contributed by atoms with Crippen molar-refractivity contribution in [3.63, 3.8) is 0 Å². The monoisotopic (exact) mass is 400 g/mol. The van der Waals surface area contributed by atoms with E-state index in [1.165, 1.54) is 11.3 Å². The molecule has 0 atom stereocenters. The van der Waals surface area contributed by atoms with Gasteiger partial charge in [0.25, 0.3) is 0 Å². The van der Waals surface area contributed by atoms with Gasteiger partial charge in [0.2, 0.25) is 0 Å². The van der Waals surface area contributed by atoms with E-state index in [1.807, 2.05) is 0 Å². The first-order valence-electron chi connectivity index (χ1n) is 8.04. The van der Waals surface area contributed by atoms with Crippen LogP contribution in [0.3, 0.4) is 0 Å². The highest BCUT2D eigenvalue weighted by Gasteiger charge is 2.26. The molecule has 0 N–H and O–H groups in total. The van der Waals surface area contributed by atoms with Crippen molar-refractivity contribution in [2.24, 2.45) is 0 Å². The molecule has 0 saturated carbocycles. The standard InChI is InChI=1S/C15H17ClN4O3S2/c16-12-10(9-21)24-14(17-12)11-13(19-1-5-22-6-2-19)18-15(25-11)20-3-7-23-8-4-20/h9H,1-8H2. The van der Waals surface area contributed by atoms with Crippen molar-refractivity contribution >= 4 is 51.5 Å². The van der Waals surface area contributed by atoms with Gasteiger partial charge in [0.15, 0.2) is 22.4 Å². The molecule has 4 heterocycles. The van der Waals surface area contributed by atoms with Crippen molar-refractivity contribution < 1.29 is 14.3 Å². The van der Waals surface area contributed by atoms with Crippen LogP contribution in [-0.4, -0.2) is 68.9 Å². The minimum Gasteiger partial charge on any atom is -0.378 e. The Morgan fingerprint density at radius 3 is 2.20 bits per heavy atom. The molecule has 7 nitrogen and oxygen atoms in total. The average Bonchev–Trinajstić information content (AvgIpc) is 3.27. The van der Waals surface area contributed by atoms with Crippen LogP contribution in [0.15, 0.2) is 0 Å². The van der Waals surface area contributed by atoms with Gasteiger partial charge in [-0.2, -0.15) is 0 Å². The summed E-state index contributed by atoms with van der Waals surface area (Å²) in [5.74, 6) is 0.901. The molecule has 0 spiro atoms. The molecule has 2 aromatic heterocycles. The van der Waals surface area contributed by atoms with Crippen LogP contribution in [0.2, 0.25) is 5.15 Å². The molecule has 2 aliphatic rings. The van der Waals surface area contributed by atoms with Gasteiger partial charge in [-0.05, 0) is 0 Å². The highest BCUT2D eigenvalue weighted by atomic mass is 35.5. The van der Waals surface area contributed by atoms with Gasteiger partial charge >= 0.3 is 0 Å². The second kappa shape index (κ2) is 7.55. The lowest BCUT2D eigenvalue weighted by Gasteiger charge is -2.28. The lowest BCUT2D eigenvalue weighted by atomic mass is 10.4. The molecule has 4 rings (SSSR count). The molecule has 2 fully saturated rings. The maximum Gasteiger partial charge on any atom is 0.188 e. The summed E-state index contributed by atoms with van der Waals surface area (Å²) >= 11 is 8.98. The Balaban J connectivity index is 1.73. The SMILES string of the molecule is O=Cc1sc(-c2sc(N3CCOCC3)nc2N2CCOCC2)nc1Cl. The molecule has 10 heteroatoms. The van der Waals surface area contributed by atoms with E-state index in [-0.39, 0.29) is 5.15 Å². The fraction of sp³-hybridized carbons (Fsp3) is 0.533. The second-order valence-corrected chi connectivity index (χ2v) is 8.01. The topological polar surface area (TPSA) is 67.8 Å². The zero-order chi connectivity index (χ0) is 17.2. The molecule has 2 aromatic rings. The predicted octanol–water partition coefficient (Wildman–Crippen LogP) is 2.41. The molecule has 0 unspecified atom stereocenters. The van der Waals surface area contributed by atoms with Gasteiger partial charge in [-0.15, -0.1) is 11.3 Å². The summed E-state index contributed by atoms with van der Waals surface area (Å²) < 4.78 is 10.9. The Hall–Kier alpha value is -1.26. The molecule has 2 saturated heterocycles. The van der Waals surface area contributed by atoms with Gasteiger partial charge in [0, 0.05) is 26.2 Å². The lowest BCUT2D eigenvalue weighted by Crippen LogP contribution is -2.37. The first-order chi connectivity index (χ1) is 12.3. The van der Waals surface area contributed by atoms with E-state index in [4.69, 9.17) is 26.1 Å². The zero-order valence-electron chi connectivity index (χ0n) is 13.4. The highest BCUT2D eigenvalue weighted by molar-refractivity contribution is 7.25. The van der Waals surface area contributed by atoms with Crippen LogP contribution in [0.5, 0.6) is 0 Å². The molecule has 0 aliphatic carbocycles. The van der Waals surface area contributed by atoms with E-state index in [0.717, 1.165) is 53.3 Å². The molecule has 134 valence electrons. The van der Waals surface area contributed by atoms with Gasteiger partial charge in [0.05, 0.1) is 26.4 Å². The number of carbonyl (C=O) groups excluding carboxylic acids is 1. The number of carbonyl (C=O) groups is 1. The minimum absolute atomic E-state index is 0.254. The van der Waals surface area contributed by atoms with E-state index in [9.17, 15) is 4.79 Å². The van der Waals surface area contributed by atoms with Crippen molar-refractivity contribution in [3.05, 3.63) is 10.0 Å². The van der Waals surface area contributed by atoms with Crippen LogP contribution in [0.25, 0.3) is 9.88 Å². The number of halogens is 1. The van der Waals surface area contributed by atoms with E-state index in [0.29, 0.717) is 31.3 Å². The predicted molar refractivity (Wildman–Crippen MR) is 99.7 cm³/mol. The van der Waals surface area contributed by atoms with Gasteiger partial charge in [-0.1, -0.05) is 22.9 Å². The summed E-state index contributed by atoms with van der Waals surface area (Å²) in [5, 5.41) is 1.95. The van der Waals surface area contributed by atoms with E-state index in [2.05, 4.69) is 14.8 Å². The van der Waals surface area contributed by atoms with Crippen LogP contribution in [0.1, 0.15) is 9.67 Å². The summed E-state index contributed by atoms with van der Waals surface area (Å²) in [7, 11) is 0. The largest absolute Gasteiger partial charge is 0.378 e. The number of anilines is 2. The number of aromatic nitrogens is 2. The van der Waals surface area contributed by atoms with Crippen LogP contribution in [0.4, 0.5) is 10.9 Å². The maximum atomic E-state index is 11.1. The van der Waals surface area contributed by atoms with Gasteiger partial charge in [0.1, 0.15) is 14.8 Å². The molecular formula is C15H17ClN4O3S2. The summed E-state index contributed by atoms with van der Waals surface area (Å²) in [4.78, 5) is 26.3. The van der Waals surface area contributed by atoms with Gasteiger partial charge in [-0.3, -0.25) is 4.79 Å². The Morgan fingerprint density at radius 1 is 0.960 bits per heavy atom. The molecule has 0 amide bonds. The molecule has 2 aliphatic heterocycles. The Labute approximate surface area is 158 Å². The molecule has 25 heavy (non-hydrogen) atoms. The number of ether oxygens (including phenoxy) is 2. The second-order valence-electron chi connectivity index (χ2n) is 5.64. The quantitative estimate of drug-likeness (QED) is 0.730. The number of nitrogens with zero attached hydrogens (tertiary/aromatic N) is 4. The van der Waals surface area contributed by atoms with Crippen LogP contribution < -0.4 is 9.80 Å². The fourth-order valence-electron chi connectivity index (χ4n) is 2.80. The first kappa shape index (κ1) is 17.2. The minimum atomic E-state index is 0.254. The van der Waals surface area contributed by atoms with Crippen LogP contribution >= 0.6 is 34.3 Å². The number of rotatable bonds is 4. The average molecular weight is 401 g/mol. The smallest absolute Gasteiger partial charge is 0.188 e. The Kier molecular flexibility index (Phi) is 5.18. The fourth-order valence-corrected chi connectivity index (χ4v) is 5.08. The number of aldehydes is 1. The zero-order valence-corrected chi connectivity index (χ0v) is 15.8. The van der Waals surface area contributed by atoms with Crippen molar-refractivity contribution in [2.75, 3.05) is 62.4 Å². The Morgan fingerprint density at radius 2 is 1.60 bits per heavy atom. The third kappa shape index (κ3) is 3.52. The molecule has 0 radical (unpaired) electrons. The number of hydrogen-bond donors (Lipinski definition) is 0. The number of hydrogen-bond acceptors (Lipinski definition) is 9. The summed E-state index contributed by atoms with van der Waals surface area (Å²) in [6, 6.07) is 0. The van der Waals surface area contributed by atoms with Gasteiger partial charge in [-0.25, -0.2) is 9.97 Å². The van der Waals surface area contributed by atoms with E-state index < -0.39 is 0 Å².